The zero-order chi connectivity index (χ0) is 15.8. The monoisotopic (exact) mass is 309 g/mol. The van der Waals surface area contributed by atoms with E-state index in [9.17, 15) is 14.3 Å². The van der Waals surface area contributed by atoms with Gasteiger partial charge in [-0.2, -0.15) is 0 Å². The number of likely N-dealkylation sites (N-methyl/N-ethyl adjacent to an activating group) is 1. The number of esters is 1. The Bertz CT molecular complexity index is 374. The summed E-state index contributed by atoms with van der Waals surface area (Å²) in [5.41, 5.74) is 0.340. The van der Waals surface area contributed by atoms with Gasteiger partial charge in [0.15, 0.2) is 0 Å². The predicted octanol–water partition coefficient (Wildman–Crippen LogP) is 0.440. The minimum atomic E-state index is -4.68. The Labute approximate surface area is 120 Å². The number of carbonyl (C=O) groups is 1. The van der Waals surface area contributed by atoms with Gasteiger partial charge < -0.3 is 23.5 Å². The van der Waals surface area contributed by atoms with Crippen molar-refractivity contribution in [1.29, 1.82) is 0 Å². The second-order valence-electron chi connectivity index (χ2n) is 4.64. The van der Waals surface area contributed by atoms with Crippen LogP contribution in [-0.4, -0.2) is 54.7 Å². The van der Waals surface area contributed by atoms with Crippen molar-refractivity contribution in [3.63, 3.8) is 0 Å². The van der Waals surface area contributed by atoms with Crippen LogP contribution in [0.15, 0.2) is 12.2 Å². The Hall–Kier alpha value is -0.720. The third kappa shape index (κ3) is 7.77. The summed E-state index contributed by atoms with van der Waals surface area (Å²) in [6.45, 7) is 11.5. The highest BCUT2D eigenvalue weighted by Crippen LogP contribution is 2.30. The maximum absolute atomic E-state index is 11.3. The number of rotatable bonds is 10. The SMILES string of the molecule is C=C(C)C(=O)OCC[N+](CC)(CC)CCOP(=O)([O-])O. The predicted molar refractivity (Wildman–Crippen MR) is 72.6 cm³/mol. The van der Waals surface area contributed by atoms with Gasteiger partial charge in [-0.15, -0.1) is 0 Å². The van der Waals surface area contributed by atoms with Crippen molar-refractivity contribution in [2.24, 2.45) is 0 Å². The average molecular weight is 309 g/mol. The third-order valence-electron chi connectivity index (χ3n) is 3.31. The van der Waals surface area contributed by atoms with Gasteiger partial charge in [-0.25, -0.2) is 4.79 Å². The summed E-state index contributed by atoms with van der Waals surface area (Å²) in [5.74, 6) is -0.439. The number of nitrogens with zero attached hydrogens (tertiary/aromatic N) is 1. The number of quaternary nitrogens is 1. The summed E-state index contributed by atoms with van der Waals surface area (Å²) in [5, 5.41) is 0. The summed E-state index contributed by atoms with van der Waals surface area (Å²) in [6, 6.07) is 0. The normalized spacial score (nSPS) is 14.7. The van der Waals surface area contributed by atoms with Gasteiger partial charge in [-0.1, -0.05) is 6.58 Å². The van der Waals surface area contributed by atoms with Crippen molar-refractivity contribution in [2.75, 3.05) is 39.4 Å². The topological polar surface area (TPSA) is 95.9 Å². The molecule has 0 aliphatic rings. The van der Waals surface area contributed by atoms with Gasteiger partial charge >= 0.3 is 5.97 Å². The van der Waals surface area contributed by atoms with Crippen LogP contribution in [0.2, 0.25) is 0 Å². The molecular weight excluding hydrogens is 285 g/mol. The number of phosphoric acid groups is 1. The van der Waals surface area contributed by atoms with Crippen LogP contribution >= 0.6 is 7.82 Å². The molecule has 0 spiro atoms. The molecule has 0 saturated carbocycles. The molecule has 0 aromatic carbocycles. The first-order valence-corrected chi connectivity index (χ1v) is 8.01. The van der Waals surface area contributed by atoms with Crippen molar-refractivity contribution >= 4 is 13.8 Å². The molecule has 0 bridgehead atoms. The van der Waals surface area contributed by atoms with E-state index in [1.165, 1.54) is 0 Å². The second-order valence-corrected chi connectivity index (χ2v) is 5.83. The molecule has 0 radical (unpaired) electrons. The van der Waals surface area contributed by atoms with Gasteiger partial charge in [-0.05, 0) is 20.8 Å². The Kier molecular flexibility index (Phi) is 8.23. The van der Waals surface area contributed by atoms with Crippen molar-refractivity contribution < 1.29 is 32.9 Å². The van der Waals surface area contributed by atoms with E-state index in [0.29, 0.717) is 23.1 Å². The Balaban J connectivity index is 4.34. The fourth-order valence-electron chi connectivity index (χ4n) is 1.77. The minimum Gasteiger partial charge on any atom is -0.756 e. The van der Waals surface area contributed by atoms with Gasteiger partial charge in [0.2, 0.25) is 0 Å². The van der Waals surface area contributed by atoms with E-state index in [1.807, 2.05) is 13.8 Å². The molecule has 0 fully saturated rings. The Morgan fingerprint density at radius 1 is 1.30 bits per heavy atom. The molecule has 0 heterocycles. The summed E-state index contributed by atoms with van der Waals surface area (Å²) >= 11 is 0. The van der Waals surface area contributed by atoms with Crippen LogP contribution in [0, 0.1) is 0 Å². The molecule has 20 heavy (non-hydrogen) atoms. The van der Waals surface area contributed by atoms with E-state index < -0.39 is 13.8 Å². The first-order valence-electron chi connectivity index (χ1n) is 6.52. The van der Waals surface area contributed by atoms with Gasteiger partial charge in [0, 0.05) is 5.57 Å². The lowest BCUT2D eigenvalue weighted by molar-refractivity contribution is -0.925. The summed E-state index contributed by atoms with van der Waals surface area (Å²) < 4.78 is 20.5. The molecule has 7 nitrogen and oxygen atoms in total. The summed E-state index contributed by atoms with van der Waals surface area (Å²) in [4.78, 5) is 30.4. The summed E-state index contributed by atoms with van der Waals surface area (Å²) in [6.07, 6.45) is 0. The van der Waals surface area contributed by atoms with Crippen LogP contribution in [0.4, 0.5) is 0 Å². The number of phosphoric ester groups is 1. The van der Waals surface area contributed by atoms with Crippen LogP contribution in [0.1, 0.15) is 20.8 Å². The standard InChI is InChI=1S/C12H24NO6P/c1-5-13(6-2,8-10-19-20(15,16)17)7-9-18-12(14)11(3)4/h3,5-10H2,1-2,4H3,(H-,15,16,17). The van der Waals surface area contributed by atoms with Crippen molar-refractivity contribution in [1.82, 2.24) is 0 Å². The first kappa shape index (κ1) is 19.3. The molecule has 1 atom stereocenters. The summed E-state index contributed by atoms with van der Waals surface area (Å²) in [7, 11) is -4.68. The molecule has 0 amide bonds. The van der Waals surface area contributed by atoms with Gasteiger partial charge in [0.05, 0.1) is 13.1 Å². The zero-order valence-corrected chi connectivity index (χ0v) is 13.2. The maximum atomic E-state index is 11.3. The highest BCUT2D eigenvalue weighted by molar-refractivity contribution is 7.44. The van der Waals surface area contributed by atoms with Crippen molar-refractivity contribution in [2.45, 2.75) is 20.8 Å². The molecule has 0 aromatic rings. The number of ether oxygens (including phenoxy) is 1. The van der Waals surface area contributed by atoms with E-state index in [-0.39, 0.29) is 13.2 Å². The van der Waals surface area contributed by atoms with Crippen LogP contribution in [0.5, 0.6) is 0 Å². The largest absolute Gasteiger partial charge is 0.756 e. The Morgan fingerprint density at radius 2 is 1.80 bits per heavy atom. The maximum Gasteiger partial charge on any atom is 0.333 e. The average Bonchev–Trinajstić information content (AvgIpc) is 2.35. The lowest BCUT2D eigenvalue weighted by atomic mass is 10.3. The van der Waals surface area contributed by atoms with Crippen LogP contribution < -0.4 is 4.89 Å². The fourth-order valence-corrected chi connectivity index (χ4v) is 2.09. The van der Waals surface area contributed by atoms with E-state index in [0.717, 1.165) is 13.1 Å². The highest BCUT2D eigenvalue weighted by Gasteiger charge is 2.24. The quantitative estimate of drug-likeness (QED) is 0.272. The minimum absolute atomic E-state index is 0.104. The van der Waals surface area contributed by atoms with E-state index in [2.05, 4.69) is 11.1 Å². The molecule has 0 saturated heterocycles. The number of hydrogen-bond acceptors (Lipinski definition) is 5. The molecule has 0 aromatic heterocycles. The van der Waals surface area contributed by atoms with Crippen molar-refractivity contribution in [3.05, 3.63) is 12.2 Å². The van der Waals surface area contributed by atoms with Crippen LogP contribution in [0.3, 0.4) is 0 Å². The second kappa shape index (κ2) is 8.54. The molecule has 0 rings (SSSR count). The molecule has 8 heteroatoms. The van der Waals surface area contributed by atoms with Crippen LogP contribution in [-0.2, 0) is 18.6 Å². The molecule has 1 N–H and O–H groups in total. The lowest BCUT2D eigenvalue weighted by Gasteiger charge is -2.36. The molecule has 118 valence electrons. The fraction of sp³-hybridized carbons (Fsp3) is 0.750. The lowest BCUT2D eigenvalue weighted by Crippen LogP contribution is -2.51. The van der Waals surface area contributed by atoms with E-state index in [4.69, 9.17) is 9.63 Å². The highest BCUT2D eigenvalue weighted by atomic mass is 31.2. The number of hydrogen-bond donors (Lipinski definition) is 1. The van der Waals surface area contributed by atoms with Crippen LogP contribution in [0.25, 0.3) is 0 Å². The molecule has 0 aliphatic carbocycles. The third-order valence-corrected chi connectivity index (χ3v) is 3.82. The molecular formula is C12H24NO6P. The smallest absolute Gasteiger partial charge is 0.333 e. The van der Waals surface area contributed by atoms with Gasteiger partial charge in [0.25, 0.3) is 7.82 Å². The van der Waals surface area contributed by atoms with Crippen molar-refractivity contribution in [3.8, 4) is 0 Å². The van der Waals surface area contributed by atoms with Gasteiger partial charge in [-0.3, -0.25) is 4.57 Å². The number of carbonyl (C=O) groups excluding carboxylic acids is 1. The Morgan fingerprint density at radius 3 is 2.20 bits per heavy atom. The zero-order valence-electron chi connectivity index (χ0n) is 12.3. The van der Waals surface area contributed by atoms with E-state index >= 15 is 0 Å². The van der Waals surface area contributed by atoms with E-state index in [1.54, 1.807) is 6.92 Å². The first-order chi connectivity index (χ1) is 9.16. The molecule has 0 aliphatic heterocycles. The molecule has 1 unspecified atom stereocenters. The van der Waals surface area contributed by atoms with Gasteiger partial charge in [0.1, 0.15) is 26.3 Å².